The van der Waals surface area contributed by atoms with Crippen LogP contribution < -0.4 is 5.56 Å². The zero-order chi connectivity index (χ0) is 16.3. The summed E-state index contributed by atoms with van der Waals surface area (Å²) >= 11 is 0. The first-order chi connectivity index (χ1) is 11.8. The molecule has 0 fully saturated rings. The van der Waals surface area contributed by atoms with Gasteiger partial charge in [-0.1, -0.05) is 48.5 Å². The molecular formula is C18H13N5O. The van der Waals surface area contributed by atoms with Crippen LogP contribution in [-0.2, 0) is 7.05 Å². The molecule has 1 N–H and O–H groups in total. The van der Waals surface area contributed by atoms with Crippen molar-refractivity contribution in [3.63, 3.8) is 0 Å². The van der Waals surface area contributed by atoms with E-state index in [9.17, 15) is 4.79 Å². The fourth-order valence-electron chi connectivity index (χ4n) is 3.35. The normalized spacial score (nSPS) is 11.7. The molecule has 0 aliphatic carbocycles. The molecule has 0 saturated carbocycles. The lowest BCUT2D eigenvalue weighted by atomic mass is 10.1. The molecule has 2 aromatic carbocycles. The number of aryl methyl sites for hydroxylation is 1. The van der Waals surface area contributed by atoms with Gasteiger partial charge in [-0.25, -0.2) is 9.73 Å². The van der Waals surface area contributed by atoms with Crippen molar-refractivity contribution in [2.45, 2.75) is 0 Å². The standard InChI is InChI=1S/C18H13N5O/c1-22-13-10-6-5-9-12(13)14-17(24)19-16-15(11-7-3-2-4-8-11)20-21-23(16)18(14)22/h2-10,21H,1H3. The molecule has 0 aliphatic heterocycles. The van der Waals surface area contributed by atoms with Crippen LogP contribution in [0.3, 0.4) is 0 Å². The van der Waals surface area contributed by atoms with Crippen LogP contribution in [-0.4, -0.2) is 24.4 Å². The Bertz CT molecular complexity index is 1280. The third-order valence-electron chi connectivity index (χ3n) is 4.44. The van der Waals surface area contributed by atoms with Crippen molar-refractivity contribution in [2.24, 2.45) is 7.05 Å². The molecule has 0 atom stereocenters. The highest BCUT2D eigenvalue weighted by molar-refractivity contribution is 6.06. The predicted molar refractivity (Wildman–Crippen MR) is 93.0 cm³/mol. The minimum absolute atomic E-state index is 0.236. The van der Waals surface area contributed by atoms with Crippen LogP contribution in [0.15, 0.2) is 59.4 Å². The molecule has 0 saturated heterocycles. The number of fused-ring (bicyclic) bond motifs is 5. The lowest BCUT2D eigenvalue weighted by molar-refractivity contribution is 0.837. The lowest BCUT2D eigenvalue weighted by Gasteiger charge is -2.01. The Morgan fingerprint density at radius 1 is 1.00 bits per heavy atom. The van der Waals surface area contributed by atoms with E-state index in [4.69, 9.17) is 0 Å². The number of H-pyrrole nitrogens is 1. The molecule has 3 heterocycles. The lowest BCUT2D eigenvalue weighted by Crippen LogP contribution is -2.11. The van der Waals surface area contributed by atoms with Gasteiger partial charge < -0.3 is 4.57 Å². The number of para-hydroxylation sites is 1. The fraction of sp³-hybridized carbons (Fsp3) is 0.0556. The van der Waals surface area contributed by atoms with Crippen molar-refractivity contribution in [2.75, 3.05) is 0 Å². The Balaban J connectivity index is 2.00. The van der Waals surface area contributed by atoms with E-state index in [0.29, 0.717) is 16.7 Å². The first-order valence-corrected chi connectivity index (χ1v) is 7.65. The Morgan fingerprint density at radius 2 is 1.75 bits per heavy atom. The second-order valence-electron chi connectivity index (χ2n) is 5.78. The van der Waals surface area contributed by atoms with E-state index in [1.54, 1.807) is 4.52 Å². The van der Waals surface area contributed by atoms with E-state index in [1.165, 1.54) is 0 Å². The van der Waals surface area contributed by atoms with Crippen LogP contribution in [0.4, 0.5) is 0 Å². The minimum Gasteiger partial charge on any atom is -0.328 e. The van der Waals surface area contributed by atoms with Gasteiger partial charge in [0.05, 0.1) is 10.9 Å². The molecule has 6 nitrogen and oxygen atoms in total. The molecule has 0 amide bonds. The highest BCUT2D eigenvalue weighted by Gasteiger charge is 2.19. The predicted octanol–water partition coefficient (Wildman–Crippen LogP) is 2.73. The van der Waals surface area contributed by atoms with E-state index in [0.717, 1.165) is 22.1 Å². The first kappa shape index (κ1) is 13.1. The SMILES string of the molecule is Cn1c2ccccc2c2c(=O)nc3c(-c4ccccc4)n[nH]n3c21. The van der Waals surface area contributed by atoms with E-state index in [2.05, 4.69) is 15.3 Å². The second-order valence-corrected chi connectivity index (χ2v) is 5.78. The molecule has 6 heteroatoms. The summed E-state index contributed by atoms with van der Waals surface area (Å²) in [6.07, 6.45) is 0. The van der Waals surface area contributed by atoms with Gasteiger partial charge in [-0.3, -0.25) is 4.79 Å². The van der Waals surface area contributed by atoms with Gasteiger partial charge >= 0.3 is 0 Å². The number of benzene rings is 2. The van der Waals surface area contributed by atoms with Crippen molar-refractivity contribution in [1.82, 2.24) is 24.4 Å². The number of rotatable bonds is 1. The number of aromatic amines is 1. The number of hydrogen-bond acceptors (Lipinski definition) is 3. The number of nitrogens with zero attached hydrogens (tertiary/aromatic N) is 4. The maximum atomic E-state index is 12.7. The summed E-state index contributed by atoms with van der Waals surface area (Å²) in [7, 11) is 1.94. The van der Waals surface area contributed by atoms with Gasteiger partial charge in [0.2, 0.25) is 0 Å². The maximum Gasteiger partial charge on any atom is 0.283 e. The van der Waals surface area contributed by atoms with Gasteiger partial charge in [-0.15, -0.1) is 0 Å². The molecule has 5 aromatic rings. The third kappa shape index (κ3) is 1.57. The fourth-order valence-corrected chi connectivity index (χ4v) is 3.35. The molecule has 3 aromatic heterocycles. The van der Waals surface area contributed by atoms with Crippen molar-refractivity contribution >= 4 is 27.6 Å². The summed E-state index contributed by atoms with van der Waals surface area (Å²) in [4.78, 5) is 17.0. The van der Waals surface area contributed by atoms with Gasteiger partial charge in [0.15, 0.2) is 5.65 Å². The summed E-state index contributed by atoms with van der Waals surface area (Å²) in [5.74, 6) is 0. The summed E-state index contributed by atoms with van der Waals surface area (Å²) in [5, 5.41) is 8.90. The largest absolute Gasteiger partial charge is 0.328 e. The smallest absolute Gasteiger partial charge is 0.283 e. The van der Waals surface area contributed by atoms with Gasteiger partial charge in [-0.2, -0.15) is 10.1 Å². The van der Waals surface area contributed by atoms with E-state index >= 15 is 0 Å². The summed E-state index contributed by atoms with van der Waals surface area (Å²) in [6, 6.07) is 17.6. The van der Waals surface area contributed by atoms with E-state index < -0.39 is 0 Å². The van der Waals surface area contributed by atoms with Crippen molar-refractivity contribution in [3.05, 3.63) is 65.0 Å². The molecule has 116 valence electrons. The number of nitrogens with one attached hydrogen (secondary N) is 1. The van der Waals surface area contributed by atoms with Crippen molar-refractivity contribution in [3.8, 4) is 11.3 Å². The minimum atomic E-state index is -0.236. The quantitative estimate of drug-likeness (QED) is 0.517. The monoisotopic (exact) mass is 315 g/mol. The second kappa shape index (κ2) is 4.55. The van der Waals surface area contributed by atoms with Crippen molar-refractivity contribution in [1.29, 1.82) is 0 Å². The van der Waals surface area contributed by atoms with Gasteiger partial charge in [0.25, 0.3) is 5.56 Å². The average Bonchev–Trinajstić information content (AvgIpc) is 3.16. The third-order valence-corrected chi connectivity index (χ3v) is 4.44. The van der Waals surface area contributed by atoms with Crippen molar-refractivity contribution < 1.29 is 0 Å². The Morgan fingerprint density at radius 3 is 2.58 bits per heavy atom. The number of hydrogen-bond donors (Lipinski definition) is 1. The molecule has 0 aliphatic rings. The zero-order valence-corrected chi connectivity index (χ0v) is 12.9. The van der Waals surface area contributed by atoms with Crippen LogP contribution in [0.5, 0.6) is 0 Å². The molecule has 0 radical (unpaired) electrons. The molecule has 5 rings (SSSR count). The van der Waals surface area contributed by atoms with E-state index in [-0.39, 0.29) is 5.56 Å². The highest BCUT2D eigenvalue weighted by Crippen LogP contribution is 2.27. The Labute approximate surface area is 136 Å². The molecule has 0 bridgehead atoms. The topological polar surface area (TPSA) is 68.0 Å². The van der Waals surface area contributed by atoms with E-state index in [1.807, 2.05) is 66.2 Å². The van der Waals surface area contributed by atoms with Crippen LogP contribution >= 0.6 is 0 Å². The Hall–Kier alpha value is -3.41. The molecule has 24 heavy (non-hydrogen) atoms. The van der Waals surface area contributed by atoms with Crippen LogP contribution in [0, 0.1) is 0 Å². The average molecular weight is 315 g/mol. The summed E-state index contributed by atoms with van der Waals surface area (Å²) in [6.45, 7) is 0. The highest BCUT2D eigenvalue weighted by atomic mass is 16.1. The summed E-state index contributed by atoms with van der Waals surface area (Å²) in [5.41, 5.74) is 3.63. The van der Waals surface area contributed by atoms with Crippen LogP contribution in [0.25, 0.3) is 38.8 Å². The molecule has 0 unspecified atom stereocenters. The molecular weight excluding hydrogens is 302 g/mol. The van der Waals surface area contributed by atoms with Crippen LogP contribution in [0.1, 0.15) is 0 Å². The number of aromatic nitrogens is 5. The summed E-state index contributed by atoms with van der Waals surface area (Å²) < 4.78 is 3.77. The van der Waals surface area contributed by atoms with Gasteiger partial charge in [0, 0.05) is 18.0 Å². The first-order valence-electron chi connectivity index (χ1n) is 7.65. The zero-order valence-electron chi connectivity index (χ0n) is 12.9. The maximum absolute atomic E-state index is 12.7. The Kier molecular flexibility index (Phi) is 2.48. The van der Waals surface area contributed by atoms with Gasteiger partial charge in [-0.05, 0) is 6.07 Å². The van der Waals surface area contributed by atoms with Gasteiger partial charge in [0.1, 0.15) is 11.3 Å². The molecule has 0 spiro atoms. The van der Waals surface area contributed by atoms with Crippen LogP contribution in [0.2, 0.25) is 0 Å².